The summed E-state index contributed by atoms with van der Waals surface area (Å²) in [5.41, 5.74) is 9.25. The maximum atomic E-state index is 9.12. The van der Waals surface area contributed by atoms with Crippen molar-refractivity contribution in [2.24, 2.45) is 5.73 Å². The predicted octanol–water partition coefficient (Wildman–Crippen LogP) is 3.33. The third-order valence-corrected chi connectivity index (χ3v) is 3.72. The second-order valence-corrected chi connectivity index (χ2v) is 5.54. The van der Waals surface area contributed by atoms with E-state index in [9.17, 15) is 0 Å². The maximum Gasteiger partial charge on any atom is 0.171 e. The molecule has 0 atom stereocenters. The van der Waals surface area contributed by atoms with Crippen LogP contribution in [0.1, 0.15) is 42.8 Å². The van der Waals surface area contributed by atoms with Crippen molar-refractivity contribution < 1.29 is 4.74 Å². The lowest BCUT2D eigenvalue weighted by Crippen LogP contribution is -2.09. The highest BCUT2D eigenvalue weighted by Gasteiger charge is 2.18. The first-order valence-corrected chi connectivity index (χ1v) is 8.11. The Labute approximate surface area is 137 Å². The molecule has 0 aliphatic rings. The number of aromatic nitrogens is 2. The lowest BCUT2D eigenvalue weighted by Gasteiger charge is -2.10. The van der Waals surface area contributed by atoms with Gasteiger partial charge in [0.05, 0.1) is 17.3 Å². The zero-order valence-corrected chi connectivity index (χ0v) is 14.1. The van der Waals surface area contributed by atoms with E-state index in [1.165, 1.54) is 0 Å². The van der Waals surface area contributed by atoms with Crippen LogP contribution in [0, 0.1) is 18.3 Å². The summed E-state index contributed by atoms with van der Waals surface area (Å²) in [6.45, 7) is 7.56. The summed E-state index contributed by atoms with van der Waals surface area (Å²) in [7, 11) is 0. The first kappa shape index (κ1) is 17.0. The molecule has 1 heterocycles. The van der Waals surface area contributed by atoms with Gasteiger partial charge in [-0.3, -0.25) is 4.68 Å². The Kier molecular flexibility index (Phi) is 5.78. The van der Waals surface area contributed by atoms with Gasteiger partial charge in [0, 0.05) is 6.54 Å². The summed E-state index contributed by atoms with van der Waals surface area (Å²) in [5, 5.41) is 13.8. The molecule has 1 aromatic carbocycles. The molecule has 0 amide bonds. The Morgan fingerprint density at radius 2 is 2.04 bits per heavy atom. The van der Waals surface area contributed by atoms with E-state index in [1.807, 2.05) is 23.7 Å². The number of nitrogens with zero attached hydrogens (tertiary/aromatic N) is 3. The number of benzene rings is 1. The molecule has 2 N–H and O–H groups in total. The third kappa shape index (κ3) is 3.91. The van der Waals surface area contributed by atoms with Gasteiger partial charge in [0.25, 0.3) is 0 Å². The van der Waals surface area contributed by atoms with Gasteiger partial charge < -0.3 is 10.5 Å². The topological polar surface area (TPSA) is 76.9 Å². The number of hydrogen-bond donors (Lipinski definition) is 1. The van der Waals surface area contributed by atoms with Gasteiger partial charge in [-0.25, -0.2) is 0 Å². The molecule has 122 valence electrons. The number of nitrogens with two attached hydrogens (primary N) is 1. The normalized spacial score (nSPS) is 10.6. The van der Waals surface area contributed by atoms with E-state index in [-0.39, 0.29) is 0 Å². The average molecular weight is 312 g/mol. The molecule has 5 nitrogen and oxygen atoms in total. The van der Waals surface area contributed by atoms with E-state index in [0.717, 1.165) is 48.5 Å². The molecule has 0 fully saturated rings. The SMILES string of the molecule is CCc1nn(CCCN)c(CC)c1Oc1cc(C)cc(C#N)c1. The summed E-state index contributed by atoms with van der Waals surface area (Å²) in [6.07, 6.45) is 2.53. The molecule has 0 unspecified atom stereocenters. The minimum absolute atomic E-state index is 0.603. The maximum absolute atomic E-state index is 9.12. The summed E-state index contributed by atoms with van der Waals surface area (Å²) < 4.78 is 8.14. The molecule has 23 heavy (non-hydrogen) atoms. The summed E-state index contributed by atoms with van der Waals surface area (Å²) in [6, 6.07) is 7.72. The van der Waals surface area contributed by atoms with Crippen LogP contribution in [0.15, 0.2) is 18.2 Å². The van der Waals surface area contributed by atoms with Crippen LogP contribution in [0.2, 0.25) is 0 Å². The van der Waals surface area contributed by atoms with Crippen LogP contribution in [0.3, 0.4) is 0 Å². The van der Waals surface area contributed by atoms with Crippen LogP contribution < -0.4 is 10.5 Å². The Morgan fingerprint density at radius 3 is 2.65 bits per heavy atom. The highest BCUT2D eigenvalue weighted by atomic mass is 16.5. The molecule has 0 aliphatic heterocycles. The minimum atomic E-state index is 0.603. The van der Waals surface area contributed by atoms with Gasteiger partial charge in [-0.15, -0.1) is 0 Å². The average Bonchev–Trinajstić information content (AvgIpc) is 2.88. The number of hydrogen-bond acceptors (Lipinski definition) is 4. The smallest absolute Gasteiger partial charge is 0.171 e. The summed E-state index contributed by atoms with van der Waals surface area (Å²) in [4.78, 5) is 0. The van der Waals surface area contributed by atoms with E-state index in [4.69, 9.17) is 15.7 Å². The van der Waals surface area contributed by atoms with Crippen molar-refractivity contribution in [1.29, 1.82) is 5.26 Å². The number of aryl methyl sites for hydroxylation is 3. The van der Waals surface area contributed by atoms with Crippen LogP contribution in [-0.4, -0.2) is 16.3 Å². The van der Waals surface area contributed by atoms with Gasteiger partial charge in [0.1, 0.15) is 11.4 Å². The van der Waals surface area contributed by atoms with Crippen LogP contribution in [0.25, 0.3) is 0 Å². The minimum Gasteiger partial charge on any atom is -0.453 e. The highest BCUT2D eigenvalue weighted by molar-refractivity contribution is 5.44. The van der Waals surface area contributed by atoms with Crippen LogP contribution >= 0.6 is 0 Å². The lowest BCUT2D eigenvalue weighted by atomic mass is 10.1. The van der Waals surface area contributed by atoms with E-state index < -0.39 is 0 Å². The van der Waals surface area contributed by atoms with Gasteiger partial charge >= 0.3 is 0 Å². The molecule has 5 heteroatoms. The monoisotopic (exact) mass is 312 g/mol. The third-order valence-electron chi connectivity index (χ3n) is 3.72. The van der Waals surface area contributed by atoms with E-state index in [1.54, 1.807) is 6.07 Å². The van der Waals surface area contributed by atoms with Crippen LogP contribution in [-0.2, 0) is 19.4 Å². The molecule has 0 saturated carbocycles. The summed E-state index contributed by atoms with van der Waals surface area (Å²) >= 11 is 0. The van der Waals surface area contributed by atoms with Crippen molar-refractivity contribution in [2.45, 2.75) is 46.6 Å². The van der Waals surface area contributed by atoms with Crippen molar-refractivity contribution in [3.63, 3.8) is 0 Å². The fourth-order valence-corrected chi connectivity index (χ4v) is 2.64. The van der Waals surface area contributed by atoms with Crippen molar-refractivity contribution in [3.8, 4) is 17.6 Å². The molecule has 2 aromatic rings. The molecule has 0 bridgehead atoms. The molecular weight excluding hydrogens is 288 g/mol. The van der Waals surface area contributed by atoms with Crippen LogP contribution in [0.5, 0.6) is 11.5 Å². The fraction of sp³-hybridized carbons (Fsp3) is 0.444. The molecule has 0 spiro atoms. The second-order valence-electron chi connectivity index (χ2n) is 5.54. The molecule has 0 radical (unpaired) electrons. The second kappa shape index (κ2) is 7.80. The Bertz CT molecular complexity index is 713. The molecular formula is C18H24N4O. The fourth-order valence-electron chi connectivity index (χ4n) is 2.64. The molecule has 1 aromatic heterocycles. The largest absolute Gasteiger partial charge is 0.453 e. The lowest BCUT2D eigenvalue weighted by molar-refractivity contribution is 0.466. The van der Waals surface area contributed by atoms with Crippen molar-refractivity contribution >= 4 is 0 Å². The Morgan fingerprint density at radius 1 is 1.26 bits per heavy atom. The molecule has 0 aliphatic carbocycles. The zero-order chi connectivity index (χ0) is 16.8. The van der Waals surface area contributed by atoms with Gasteiger partial charge in [0.2, 0.25) is 0 Å². The van der Waals surface area contributed by atoms with Crippen molar-refractivity contribution in [3.05, 3.63) is 40.7 Å². The number of nitriles is 1. The van der Waals surface area contributed by atoms with Crippen LogP contribution in [0.4, 0.5) is 0 Å². The molecule has 2 rings (SSSR count). The molecule has 0 saturated heterocycles. The first-order valence-electron chi connectivity index (χ1n) is 8.11. The van der Waals surface area contributed by atoms with Gasteiger partial charge in [-0.05, 0) is 56.5 Å². The van der Waals surface area contributed by atoms with E-state index >= 15 is 0 Å². The van der Waals surface area contributed by atoms with E-state index in [0.29, 0.717) is 17.9 Å². The Balaban J connectivity index is 2.40. The quantitative estimate of drug-likeness (QED) is 0.850. The van der Waals surface area contributed by atoms with Crippen molar-refractivity contribution in [1.82, 2.24) is 9.78 Å². The Hall–Kier alpha value is -2.32. The van der Waals surface area contributed by atoms with Gasteiger partial charge in [0.15, 0.2) is 5.75 Å². The van der Waals surface area contributed by atoms with Crippen molar-refractivity contribution in [2.75, 3.05) is 6.54 Å². The standard InChI is InChI=1S/C18H24N4O/c1-4-16-18(17(5-2)22(21-16)8-6-7-19)23-15-10-13(3)9-14(11-15)12-20/h9-11H,4-8,19H2,1-3H3. The predicted molar refractivity (Wildman–Crippen MR) is 90.6 cm³/mol. The van der Waals surface area contributed by atoms with Gasteiger partial charge in [-0.1, -0.05) is 13.8 Å². The van der Waals surface area contributed by atoms with Gasteiger partial charge in [-0.2, -0.15) is 10.4 Å². The first-order chi connectivity index (χ1) is 11.1. The number of rotatable bonds is 7. The zero-order valence-electron chi connectivity index (χ0n) is 14.1. The summed E-state index contributed by atoms with van der Waals surface area (Å²) in [5.74, 6) is 1.51. The van der Waals surface area contributed by atoms with E-state index in [2.05, 4.69) is 25.0 Å². The number of ether oxygens (including phenoxy) is 1. The highest BCUT2D eigenvalue weighted by Crippen LogP contribution is 2.31.